The Morgan fingerprint density at radius 3 is 2.44 bits per heavy atom. The lowest BCUT2D eigenvalue weighted by Gasteiger charge is -2.34. The van der Waals surface area contributed by atoms with Crippen LogP contribution in [0.1, 0.15) is 35.9 Å². The highest BCUT2D eigenvalue weighted by Crippen LogP contribution is 2.17. The Labute approximate surface area is 161 Å². The normalized spacial score (nSPS) is 15.1. The molecule has 6 nitrogen and oxygen atoms in total. The number of ether oxygens (including phenoxy) is 1. The second kappa shape index (κ2) is 9.04. The fourth-order valence-corrected chi connectivity index (χ4v) is 3.52. The third kappa shape index (κ3) is 5.10. The van der Waals surface area contributed by atoms with Gasteiger partial charge in [0.05, 0.1) is 12.3 Å². The fourth-order valence-electron chi connectivity index (χ4n) is 3.52. The summed E-state index contributed by atoms with van der Waals surface area (Å²) in [5.74, 6) is 1.95. The number of carbonyl (C=O) groups is 1. The Morgan fingerprint density at radius 1 is 1.15 bits per heavy atom. The molecule has 1 amide bonds. The lowest BCUT2D eigenvalue weighted by Crippen LogP contribution is -2.48. The van der Waals surface area contributed by atoms with Gasteiger partial charge in [0.25, 0.3) is 0 Å². The summed E-state index contributed by atoms with van der Waals surface area (Å²) in [5.41, 5.74) is 3.23. The number of carbonyl (C=O) groups excluding carboxylic acids is 1. The van der Waals surface area contributed by atoms with Crippen LogP contribution in [-0.4, -0.2) is 53.6 Å². The predicted octanol–water partition coefficient (Wildman–Crippen LogP) is 2.97. The van der Waals surface area contributed by atoms with Gasteiger partial charge in [-0.25, -0.2) is 0 Å². The fraction of sp³-hybridized carbons (Fsp3) is 0.524. The van der Waals surface area contributed by atoms with Gasteiger partial charge in [0.2, 0.25) is 5.91 Å². The molecule has 2 aromatic rings. The molecule has 146 valence electrons. The zero-order valence-corrected chi connectivity index (χ0v) is 16.5. The smallest absolute Gasteiger partial charge is 0.222 e. The van der Waals surface area contributed by atoms with Crippen molar-refractivity contribution in [1.82, 2.24) is 15.0 Å². The first-order valence-corrected chi connectivity index (χ1v) is 9.70. The summed E-state index contributed by atoms with van der Waals surface area (Å²) >= 11 is 0. The Balaban J connectivity index is 1.43. The maximum absolute atomic E-state index is 12.5. The van der Waals surface area contributed by atoms with Gasteiger partial charge in [-0.3, -0.25) is 9.69 Å². The Kier molecular flexibility index (Phi) is 6.50. The summed E-state index contributed by atoms with van der Waals surface area (Å²) in [5, 5.41) is 3.96. The van der Waals surface area contributed by atoms with Crippen LogP contribution in [0.4, 0.5) is 0 Å². The van der Waals surface area contributed by atoms with Gasteiger partial charge in [-0.2, -0.15) is 0 Å². The molecule has 1 aromatic heterocycles. The van der Waals surface area contributed by atoms with Crippen LogP contribution >= 0.6 is 0 Å². The van der Waals surface area contributed by atoms with Crippen molar-refractivity contribution in [2.75, 3.05) is 32.8 Å². The van der Waals surface area contributed by atoms with Gasteiger partial charge in [-0.1, -0.05) is 17.3 Å². The minimum atomic E-state index is 0.218. The lowest BCUT2D eigenvalue weighted by atomic mass is 10.1. The molecule has 0 unspecified atom stereocenters. The average molecular weight is 371 g/mol. The summed E-state index contributed by atoms with van der Waals surface area (Å²) in [4.78, 5) is 16.9. The molecule has 2 heterocycles. The van der Waals surface area contributed by atoms with Crippen molar-refractivity contribution in [3.05, 3.63) is 46.8 Å². The van der Waals surface area contributed by atoms with E-state index in [0.717, 1.165) is 55.5 Å². The van der Waals surface area contributed by atoms with Crippen LogP contribution < -0.4 is 4.74 Å². The van der Waals surface area contributed by atoms with Crippen molar-refractivity contribution in [3.63, 3.8) is 0 Å². The molecule has 1 aliphatic rings. The predicted molar refractivity (Wildman–Crippen MR) is 104 cm³/mol. The van der Waals surface area contributed by atoms with Crippen molar-refractivity contribution in [2.24, 2.45) is 0 Å². The Morgan fingerprint density at radius 2 is 1.85 bits per heavy atom. The van der Waals surface area contributed by atoms with Crippen molar-refractivity contribution in [3.8, 4) is 5.75 Å². The maximum Gasteiger partial charge on any atom is 0.222 e. The molecule has 0 spiro atoms. The molecular formula is C21H29N3O3. The maximum atomic E-state index is 12.5. The standard InChI is InChI=1S/C21H29N3O3/c1-4-26-19-7-5-18(6-8-19)15-23-11-13-24(14-12-23)21(25)10-9-20-16(2)22-27-17(20)3/h5-8H,4,9-15H2,1-3H3. The average Bonchev–Trinajstić information content (AvgIpc) is 3.00. The molecule has 0 aliphatic carbocycles. The first-order valence-electron chi connectivity index (χ1n) is 9.70. The van der Waals surface area contributed by atoms with Crippen LogP contribution in [0.15, 0.2) is 28.8 Å². The number of hydrogen-bond donors (Lipinski definition) is 0. The van der Waals surface area contributed by atoms with Crippen LogP contribution in [0.25, 0.3) is 0 Å². The van der Waals surface area contributed by atoms with Gasteiger partial charge in [-0.15, -0.1) is 0 Å². The van der Waals surface area contributed by atoms with E-state index in [4.69, 9.17) is 9.26 Å². The monoisotopic (exact) mass is 371 g/mol. The highest BCUT2D eigenvalue weighted by atomic mass is 16.5. The van der Waals surface area contributed by atoms with E-state index >= 15 is 0 Å². The Hall–Kier alpha value is -2.34. The number of piperazine rings is 1. The first-order chi connectivity index (χ1) is 13.1. The molecule has 6 heteroatoms. The van der Waals surface area contributed by atoms with Gasteiger partial charge in [-0.05, 0) is 44.9 Å². The van der Waals surface area contributed by atoms with E-state index in [1.54, 1.807) is 0 Å². The highest BCUT2D eigenvalue weighted by molar-refractivity contribution is 5.76. The third-order valence-electron chi connectivity index (χ3n) is 5.14. The number of amides is 1. The molecule has 27 heavy (non-hydrogen) atoms. The number of aryl methyl sites for hydroxylation is 2. The molecule has 0 radical (unpaired) electrons. The zero-order valence-electron chi connectivity index (χ0n) is 16.5. The van der Waals surface area contributed by atoms with E-state index in [-0.39, 0.29) is 5.91 Å². The summed E-state index contributed by atoms with van der Waals surface area (Å²) < 4.78 is 10.7. The number of aromatic nitrogens is 1. The minimum absolute atomic E-state index is 0.218. The molecule has 1 aromatic carbocycles. The lowest BCUT2D eigenvalue weighted by molar-refractivity contribution is -0.133. The van der Waals surface area contributed by atoms with E-state index in [0.29, 0.717) is 19.4 Å². The van der Waals surface area contributed by atoms with Gasteiger partial charge in [0.1, 0.15) is 11.5 Å². The highest BCUT2D eigenvalue weighted by Gasteiger charge is 2.21. The molecule has 3 rings (SSSR count). The van der Waals surface area contributed by atoms with Crippen LogP contribution in [-0.2, 0) is 17.8 Å². The molecule has 0 atom stereocenters. The molecular weight excluding hydrogens is 342 g/mol. The summed E-state index contributed by atoms with van der Waals surface area (Å²) in [6.45, 7) is 10.8. The van der Waals surface area contributed by atoms with Crippen LogP contribution in [0.3, 0.4) is 0 Å². The van der Waals surface area contributed by atoms with Crippen molar-refractivity contribution in [2.45, 2.75) is 40.2 Å². The van der Waals surface area contributed by atoms with Crippen molar-refractivity contribution in [1.29, 1.82) is 0 Å². The quantitative estimate of drug-likeness (QED) is 0.749. The number of nitrogens with zero attached hydrogens (tertiary/aromatic N) is 3. The van der Waals surface area contributed by atoms with Crippen LogP contribution in [0.5, 0.6) is 5.75 Å². The molecule has 1 saturated heterocycles. The van der Waals surface area contributed by atoms with E-state index in [9.17, 15) is 4.79 Å². The van der Waals surface area contributed by atoms with Crippen LogP contribution in [0, 0.1) is 13.8 Å². The summed E-state index contributed by atoms with van der Waals surface area (Å²) in [6, 6.07) is 8.28. The summed E-state index contributed by atoms with van der Waals surface area (Å²) in [6.07, 6.45) is 1.22. The first kappa shape index (κ1) is 19.4. The second-order valence-corrected chi connectivity index (χ2v) is 7.04. The van der Waals surface area contributed by atoms with E-state index < -0.39 is 0 Å². The molecule has 1 aliphatic heterocycles. The summed E-state index contributed by atoms with van der Waals surface area (Å²) in [7, 11) is 0. The number of rotatable bonds is 7. The number of benzene rings is 1. The molecule has 0 saturated carbocycles. The van der Waals surface area contributed by atoms with E-state index in [2.05, 4.69) is 22.2 Å². The van der Waals surface area contributed by atoms with Crippen LogP contribution in [0.2, 0.25) is 0 Å². The van der Waals surface area contributed by atoms with Gasteiger partial charge >= 0.3 is 0 Å². The van der Waals surface area contributed by atoms with Crippen molar-refractivity contribution >= 4 is 5.91 Å². The SMILES string of the molecule is CCOc1ccc(CN2CCN(C(=O)CCc3c(C)noc3C)CC2)cc1. The third-order valence-corrected chi connectivity index (χ3v) is 5.14. The topological polar surface area (TPSA) is 58.8 Å². The second-order valence-electron chi connectivity index (χ2n) is 7.04. The number of hydrogen-bond acceptors (Lipinski definition) is 5. The Bertz CT molecular complexity index is 727. The molecule has 0 N–H and O–H groups in total. The molecule has 1 fully saturated rings. The van der Waals surface area contributed by atoms with Gasteiger partial charge < -0.3 is 14.2 Å². The van der Waals surface area contributed by atoms with E-state index in [1.165, 1.54) is 5.56 Å². The van der Waals surface area contributed by atoms with E-state index in [1.807, 2.05) is 37.8 Å². The molecule has 0 bridgehead atoms. The largest absolute Gasteiger partial charge is 0.494 e. The van der Waals surface area contributed by atoms with Crippen molar-refractivity contribution < 1.29 is 14.1 Å². The van der Waals surface area contributed by atoms with Gasteiger partial charge in [0, 0.05) is 44.7 Å². The minimum Gasteiger partial charge on any atom is -0.494 e. The van der Waals surface area contributed by atoms with Gasteiger partial charge in [0.15, 0.2) is 0 Å². The zero-order chi connectivity index (χ0) is 19.2.